The minimum absolute atomic E-state index is 0.173. The fourth-order valence-electron chi connectivity index (χ4n) is 3.92. The van der Waals surface area contributed by atoms with Gasteiger partial charge in [-0.05, 0) is 23.8 Å². The monoisotopic (exact) mass is 340 g/mol. The van der Waals surface area contributed by atoms with Crippen LogP contribution in [0.2, 0.25) is 0 Å². The van der Waals surface area contributed by atoms with Gasteiger partial charge in [0, 0.05) is 41.3 Å². The quantitative estimate of drug-likeness (QED) is 0.552. The van der Waals surface area contributed by atoms with Crippen molar-refractivity contribution in [2.45, 2.75) is 5.92 Å². The maximum absolute atomic E-state index is 9.76. The van der Waals surface area contributed by atoms with Crippen molar-refractivity contribution < 1.29 is 4.74 Å². The Morgan fingerprint density at radius 2 is 1.96 bits per heavy atom. The predicted molar refractivity (Wildman–Crippen MR) is 101 cm³/mol. The summed E-state index contributed by atoms with van der Waals surface area (Å²) in [5.74, 6) is 0.644. The van der Waals surface area contributed by atoms with Crippen molar-refractivity contribution in [1.82, 2.24) is 9.55 Å². The van der Waals surface area contributed by atoms with Gasteiger partial charge in [0.05, 0.1) is 11.4 Å². The third kappa shape index (κ3) is 1.84. The van der Waals surface area contributed by atoms with Crippen molar-refractivity contribution in [3.8, 4) is 11.8 Å². The van der Waals surface area contributed by atoms with Gasteiger partial charge in [0.2, 0.25) is 5.88 Å². The highest BCUT2D eigenvalue weighted by atomic mass is 16.5. The van der Waals surface area contributed by atoms with Crippen molar-refractivity contribution in [1.29, 1.82) is 5.26 Å². The molecule has 5 nitrogen and oxygen atoms in total. The van der Waals surface area contributed by atoms with Crippen LogP contribution in [0.15, 0.2) is 66.3 Å². The number of aryl methyl sites for hydroxylation is 1. The number of ether oxygens (including phenoxy) is 1. The van der Waals surface area contributed by atoms with Crippen LogP contribution in [0.4, 0.5) is 0 Å². The Morgan fingerprint density at radius 1 is 1.12 bits per heavy atom. The van der Waals surface area contributed by atoms with Crippen molar-refractivity contribution in [3.63, 3.8) is 0 Å². The number of aromatic amines is 1. The van der Waals surface area contributed by atoms with E-state index in [1.165, 1.54) is 0 Å². The summed E-state index contributed by atoms with van der Waals surface area (Å²) < 4.78 is 7.95. The van der Waals surface area contributed by atoms with Crippen LogP contribution in [0.1, 0.15) is 17.0 Å². The van der Waals surface area contributed by atoms with E-state index in [9.17, 15) is 5.26 Å². The highest BCUT2D eigenvalue weighted by Crippen LogP contribution is 2.46. The van der Waals surface area contributed by atoms with E-state index in [1.54, 1.807) is 0 Å². The molecule has 2 aromatic carbocycles. The summed E-state index contributed by atoms with van der Waals surface area (Å²) in [7, 11) is 1.99. The summed E-state index contributed by atoms with van der Waals surface area (Å²) in [6.07, 6.45) is 3.96. The number of aromatic nitrogens is 2. The minimum atomic E-state index is -0.260. The van der Waals surface area contributed by atoms with E-state index in [4.69, 9.17) is 10.5 Å². The molecule has 0 spiro atoms. The summed E-state index contributed by atoms with van der Waals surface area (Å²) in [5, 5.41) is 11.8. The number of H-pyrrole nitrogens is 1. The standard InChI is InChI=1S/C21H16N4O/c1-25-9-8-13-18(25)7-6-14-19(15(10-22)21(23)26-20(13)14)16-11-24-17-5-3-2-4-12(16)17/h2-9,11,19,24H,23H2,1H3. The summed E-state index contributed by atoms with van der Waals surface area (Å²) in [6.45, 7) is 0. The van der Waals surface area contributed by atoms with Crippen LogP contribution in [-0.4, -0.2) is 9.55 Å². The number of allylic oxidation sites excluding steroid dienone is 1. The highest BCUT2D eigenvalue weighted by Gasteiger charge is 2.33. The Bertz CT molecular complexity index is 1250. The van der Waals surface area contributed by atoms with Crippen LogP contribution in [0.3, 0.4) is 0 Å². The van der Waals surface area contributed by atoms with E-state index in [-0.39, 0.29) is 11.8 Å². The van der Waals surface area contributed by atoms with E-state index in [0.717, 1.165) is 38.7 Å². The molecular formula is C21H16N4O. The van der Waals surface area contributed by atoms with Crippen LogP contribution in [0.25, 0.3) is 21.8 Å². The van der Waals surface area contributed by atoms with E-state index in [0.29, 0.717) is 5.57 Å². The van der Waals surface area contributed by atoms with Gasteiger partial charge in [0.15, 0.2) is 0 Å². The Hall–Kier alpha value is -3.65. The first-order valence-corrected chi connectivity index (χ1v) is 8.40. The number of hydrogen-bond donors (Lipinski definition) is 2. The molecule has 0 aliphatic carbocycles. The first-order valence-electron chi connectivity index (χ1n) is 8.40. The molecule has 4 aromatic rings. The number of para-hydroxylation sites is 1. The zero-order chi connectivity index (χ0) is 17.8. The lowest BCUT2D eigenvalue weighted by Gasteiger charge is -2.26. The molecule has 3 N–H and O–H groups in total. The average molecular weight is 340 g/mol. The number of benzene rings is 2. The first kappa shape index (κ1) is 14.7. The van der Waals surface area contributed by atoms with Crippen LogP contribution in [0, 0.1) is 11.3 Å². The molecule has 3 heterocycles. The highest BCUT2D eigenvalue weighted by molar-refractivity contribution is 5.91. The first-order chi connectivity index (χ1) is 12.7. The van der Waals surface area contributed by atoms with Crippen LogP contribution >= 0.6 is 0 Å². The number of nitrogens with two attached hydrogens (primary N) is 1. The van der Waals surface area contributed by atoms with E-state index in [1.807, 2.05) is 54.3 Å². The lowest BCUT2D eigenvalue weighted by Crippen LogP contribution is -2.21. The molecule has 0 bridgehead atoms. The molecule has 0 saturated heterocycles. The lowest BCUT2D eigenvalue weighted by molar-refractivity contribution is 0.398. The van der Waals surface area contributed by atoms with Crippen LogP contribution in [0.5, 0.6) is 5.75 Å². The van der Waals surface area contributed by atoms with Crippen LogP contribution in [-0.2, 0) is 7.05 Å². The molecule has 5 rings (SSSR count). The summed E-state index contributed by atoms with van der Waals surface area (Å²) in [4.78, 5) is 3.30. The molecule has 0 saturated carbocycles. The maximum Gasteiger partial charge on any atom is 0.205 e. The molecule has 1 unspecified atom stereocenters. The molecule has 0 fully saturated rings. The Balaban J connectivity index is 1.84. The second kappa shape index (κ2) is 5.17. The molecule has 1 aliphatic heterocycles. The van der Waals surface area contributed by atoms with Crippen molar-refractivity contribution in [3.05, 3.63) is 77.4 Å². The third-order valence-corrected chi connectivity index (χ3v) is 5.18. The second-order valence-electron chi connectivity index (χ2n) is 6.56. The maximum atomic E-state index is 9.76. The van der Waals surface area contributed by atoms with Crippen molar-refractivity contribution in [2.75, 3.05) is 0 Å². The average Bonchev–Trinajstić information content (AvgIpc) is 3.24. The van der Waals surface area contributed by atoms with Gasteiger partial charge in [-0.2, -0.15) is 5.26 Å². The molecule has 126 valence electrons. The smallest absolute Gasteiger partial charge is 0.205 e. The van der Waals surface area contributed by atoms with Gasteiger partial charge in [-0.15, -0.1) is 0 Å². The van der Waals surface area contributed by atoms with Gasteiger partial charge in [0.25, 0.3) is 0 Å². The van der Waals surface area contributed by atoms with Gasteiger partial charge in [-0.3, -0.25) is 0 Å². The summed E-state index contributed by atoms with van der Waals surface area (Å²) in [5.41, 5.74) is 10.7. The van der Waals surface area contributed by atoms with E-state index >= 15 is 0 Å². The molecular weight excluding hydrogens is 324 g/mol. The number of nitriles is 1. The molecule has 2 aromatic heterocycles. The number of fused-ring (bicyclic) bond motifs is 4. The molecule has 5 heteroatoms. The molecule has 1 atom stereocenters. The Morgan fingerprint density at radius 3 is 2.81 bits per heavy atom. The lowest BCUT2D eigenvalue weighted by atomic mass is 9.83. The topological polar surface area (TPSA) is 79.8 Å². The number of rotatable bonds is 1. The van der Waals surface area contributed by atoms with Gasteiger partial charge in [0.1, 0.15) is 17.4 Å². The summed E-state index contributed by atoms with van der Waals surface area (Å²) in [6, 6.07) is 16.5. The number of nitrogens with zero attached hydrogens (tertiary/aromatic N) is 2. The molecule has 1 aliphatic rings. The zero-order valence-corrected chi connectivity index (χ0v) is 14.2. The SMILES string of the molecule is Cn1ccc2c3c(ccc21)C(c1c[nH]c2ccccc12)C(C#N)=C(N)O3. The number of hydrogen-bond acceptors (Lipinski definition) is 3. The van der Waals surface area contributed by atoms with Gasteiger partial charge in [-0.1, -0.05) is 24.3 Å². The second-order valence-corrected chi connectivity index (χ2v) is 6.56. The Labute approximate surface area is 149 Å². The summed E-state index contributed by atoms with van der Waals surface area (Å²) >= 11 is 0. The van der Waals surface area contributed by atoms with Gasteiger partial charge >= 0.3 is 0 Å². The van der Waals surface area contributed by atoms with Crippen molar-refractivity contribution in [2.24, 2.45) is 12.8 Å². The van der Waals surface area contributed by atoms with Crippen molar-refractivity contribution >= 4 is 21.8 Å². The van der Waals surface area contributed by atoms with E-state index < -0.39 is 0 Å². The zero-order valence-electron chi connectivity index (χ0n) is 14.2. The van der Waals surface area contributed by atoms with Crippen LogP contribution < -0.4 is 10.5 Å². The molecule has 0 radical (unpaired) electrons. The molecule has 26 heavy (non-hydrogen) atoms. The fourth-order valence-corrected chi connectivity index (χ4v) is 3.92. The third-order valence-electron chi connectivity index (χ3n) is 5.18. The number of nitrogens with one attached hydrogen (secondary N) is 1. The van der Waals surface area contributed by atoms with Gasteiger partial charge < -0.3 is 20.0 Å². The fraction of sp³-hybridized carbons (Fsp3) is 0.0952. The minimum Gasteiger partial charge on any atom is -0.439 e. The van der Waals surface area contributed by atoms with E-state index in [2.05, 4.69) is 23.2 Å². The van der Waals surface area contributed by atoms with Gasteiger partial charge in [-0.25, -0.2) is 0 Å². The normalized spacial score (nSPS) is 16.5. The largest absolute Gasteiger partial charge is 0.439 e. The Kier molecular flexibility index (Phi) is 2.92. The molecule has 0 amide bonds. The predicted octanol–water partition coefficient (Wildman–Crippen LogP) is 3.88.